The van der Waals surface area contributed by atoms with Gasteiger partial charge in [0.2, 0.25) is 0 Å². The molecule has 1 aliphatic rings. The summed E-state index contributed by atoms with van der Waals surface area (Å²) in [6.45, 7) is 6.03. The van der Waals surface area contributed by atoms with Gasteiger partial charge in [0.25, 0.3) is 0 Å². The molecule has 0 bridgehead atoms. The lowest BCUT2D eigenvalue weighted by Crippen LogP contribution is -2.10. The second-order valence-electron chi connectivity index (χ2n) is 8.13. The van der Waals surface area contributed by atoms with Gasteiger partial charge in [0.15, 0.2) is 0 Å². The maximum atomic E-state index is 12.5. The topological polar surface area (TPSA) is 52.6 Å². The SMILES string of the molecule is C/C=C\CCCC(=O)OC(C)C.O=C1CCC(/C=C/CCOc2cccc(C(F)(F)F)c2)C1. The highest BCUT2D eigenvalue weighted by Gasteiger charge is 2.30. The molecule has 0 amide bonds. The van der Waals surface area contributed by atoms with Gasteiger partial charge in [-0.05, 0) is 70.6 Å². The Morgan fingerprint density at radius 3 is 2.58 bits per heavy atom. The van der Waals surface area contributed by atoms with E-state index in [1.807, 2.05) is 39.0 Å². The van der Waals surface area contributed by atoms with Crippen LogP contribution in [0.2, 0.25) is 0 Å². The molecule has 1 aliphatic carbocycles. The smallest absolute Gasteiger partial charge is 0.416 e. The Hall–Kier alpha value is -2.57. The summed E-state index contributed by atoms with van der Waals surface area (Å²) in [6.07, 6.45) is 8.77. The number of carbonyl (C=O) groups excluding carboxylic acids is 2. The van der Waals surface area contributed by atoms with Gasteiger partial charge in [-0.2, -0.15) is 13.2 Å². The zero-order valence-corrected chi connectivity index (χ0v) is 19.7. The van der Waals surface area contributed by atoms with E-state index in [2.05, 4.69) is 6.08 Å². The number of rotatable bonds is 10. The summed E-state index contributed by atoms with van der Waals surface area (Å²) in [5.74, 6) is 0.736. The monoisotopic (exact) mass is 468 g/mol. The van der Waals surface area contributed by atoms with Crippen molar-refractivity contribution in [2.45, 2.75) is 78.0 Å². The lowest BCUT2D eigenvalue weighted by molar-refractivity contribution is -0.147. The van der Waals surface area contributed by atoms with Crippen LogP contribution in [0, 0.1) is 5.92 Å². The molecular formula is C26H35F3O4. The average molecular weight is 469 g/mol. The number of allylic oxidation sites excluding steroid dienone is 3. The molecule has 0 radical (unpaired) electrons. The lowest BCUT2D eigenvalue weighted by atomic mass is 10.1. The summed E-state index contributed by atoms with van der Waals surface area (Å²) >= 11 is 0. The van der Waals surface area contributed by atoms with Gasteiger partial charge in [0, 0.05) is 19.3 Å². The minimum atomic E-state index is -4.35. The Morgan fingerprint density at radius 1 is 1.21 bits per heavy atom. The van der Waals surface area contributed by atoms with Crippen molar-refractivity contribution in [3.8, 4) is 5.75 Å². The Balaban J connectivity index is 0.000000389. The zero-order valence-electron chi connectivity index (χ0n) is 19.7. The van der Waals surface area contributed by atoms with Crippen LogP contribution in [0.3, 0.4) is 0 Å². The molecule has 0 saturated heterocycles. The van der Waals surface area contributed by atoms with Crippen LogP contribution in [0.5, 0.6) is 5.75 Å². The molecule has 1 aromatic rings. The van der Waals surface area contributed by atoms with Crippen LogP contribution in [0.25, 0.3) is 0 Å². The summed E-state index contributed by atoms with van der Waals surface area (Å²) in [5.41, 5.74) is -0.708. The van der Waals surface area contributed by atoms with Crippen molar-refractivity contribution in [3.05, 3.63) is 54.1 Å². The van der Waals surface area contributed by atoms with E-state index in [1.165, 1.54) is 12.1 Å². The summed E-state index contributed by atoms with van der Waals surface area (Å²) in [4.78, 5) is 22.1. The van der Waals surface area contributed by atoms with Gasteiger partial charge < -0.3 is 9.47 Å². The third kappa shape index (κ3) is 13.5. The molecule has 1 atom stereocenters. The third-order valence-corrected chi connectivity index (χ3v) is 4.76. The molecule has 1 fully saturated rings. The van der Waals surface area contributed by atoms with Crippen molar-refractivity contribution in [3.63, 3.8) is 0 Å². The summed E-state index contributed by atoms with van der Waals surface area (Å²) in [7, 11) is 0. The standard InChI is InChI=1S/C16H17F3O2.C10H18O2/c17-16(18,19)13-5-3-6-15(11-13)21-9-2-1-4-12-7-8-14(20)10-12;1-4-5-6-7-8-10(11)12-9(2)3/h1,3-6,11-12H,2,7-10H2;4-5,9H,6-8H2,1-3H3/b4-1+;5-4-. The first-order valence-corrected chi connectivity index (χ1v) is 11.4. The summed E-state index contributed by atoms with van der Waals surface area (Å²) in [6, 6.07) is 4.86. The minimum Gasteiger partial charge on any atom is -0.493 e. The number of hydrogen-bond donors (Lipinski definition) is 0. The molecule has 0 aliphatic heterocycles. The van der Waals surface area contributed by atoms with Gasteiger partial charge in [-0.3, -0.25) is 9.59 Å². The fourth-order valence-electron chi connectivity index (χ4n) is 3.16. The van der Waals surface area contributed by atoms with Gasteiger partial charge in [0.05, 0.1) is 18.3 Å². The average Bonchev–Trinajstić information content (AvgIpc) is 3.15. The van der Waals surface area contributed by atoms with E-state index in [4.69, 9.17) is 9.47 Å². The molecule has 4 nitrogen and oxygen atoms in total. The van der Waals surface area contributed by atoms with E-state index in [0.29, 0.717) is 44.0 Å². The number of benzene rings is 1. The van der Waals surface area contributed by atoms with Crippen LogP contribution >= 0.6 is 0 Å². The van der Waals surface area contributed by atoms with E-state index in [9.17, 15) is 22.8 Å². The van der Waals surface area contributed by atoms with Crippen molar-refractivity contribution < 1.29 is 32.2 Å². The van der Waals surface area contributed by atoms with E-state index < -0.39 is 11.7 Å². The Morgan fingerprint density at radius 2 is 1.97 bits per heavy atom. The first kappa shape index (κ1) is 28.5. The van der Waals surface area contributed by atoms with Crippen LogP contribution in [0.4, 0.5) is 13.2 Å². The highest BCUT2D eigenvalue weighted by Crippen LogP contribution is 2.31. The molecule has 2 rings (SSSR count). The maximum Gasteiger partial charge on any atom is 0.416 e. The molecule has 7 heteroatoms. The Labute approximate surface area is 194 Å². The number of unbranched alkanes of at least 4 members (excludes halogenated alkanes) is 1. The fraction of sp³-hybridized carbons (Fsp3) is 0.538. The predicted octanol–water partition coefficient (Wildman–Crippen LogP) is 7.08. The Kier molecular flexibility index (Phi) is 13.2. The first-order chi connectivity index (χ1) is 15.6. The largest absolute Gasteiger partial charge is 0.493 e. The van der Waals surface area contributed by atoms with E-state index >= 15 is 0 Å². The number of ketones is 1. The maximum absolute atomic E-state index is 12.5. The molecule has 1 saturated carbocycles. The van der Waals surface area contributed by atoms with Crippen LogP contribution in [-0.4, -0.2) is 24.5 Å². The number of carbonyl (C=O) groups is 2. The predicted molar refractivity (Wildman–Crippen MR) is 123 cm³/mol. The van der Waals surface area contributed by atoms with Crippen molar-refractivity contribution in [2.24, 2.45) is 5.92 Å². The van der Waals surface area contributed by atoms with Gasteiger partial charge in [-0.1, -0.05) is 30.4 Å². The highest BCUT2D eigenvalue weighted by atomic mass is 19.4. The number of esters is 1. The Bertz CT molecular complexity index is 782. The van der Waals surface area contributed by atoms with Crippen LogP contribution in [0.1, 0.15) is 71.3 Å². The second kappa shape index (κ2) is 15.3. The van der Waals surface area contributed by atoms with E-state index in [-0.39, 0.29) is 17.8 Å². The molecular weight excluding hydrogens is 433 g/mol. The molecule has 33 heavy (non-hydrogen) atoms. The number of alkyl halides is 3. The minimum absolute atomic E-state index is 0.0132. The first-order valence-electron chi connectivity index (χ1n) is 11.4. The van der Waals surface area contributed by atoms with Gasteiger partial charge >= 0.3 is 12.1 Å². The molecule has 0 heterocycles. The molecule has 1 aromatic carbocycles. The van der Waals surface area contributed by atoms with E-state index in [1.54, 1.807) is 0 Å². The summed E-state index contributed by atoms with van der Waals surface area (Å²) in [5, 5.41) is 0. The van der Waals surface area contributed by atoms with Crippen LogP contribution < -0.4 is 4.74 Å². The number of halogens is 3. The molecule has 0 aromatic heterocycles. The van der Waals surface area contributed by atoms with Crippen molar-refractivity contribution >= 4 is 11.8 Å². The molecule has 0 spiro atoms. The number of Topliss-reactive ketones (excluding diaryl/α,β-unsaturated/α-hetero) is 1. The lowest BCUT2D eigenvalue weighted by Gasteiger charge is -2.09. The van der Waals surface area contributed by atoms with Gasteiger partial charge in [-0.25, -0.2) is 0 Å². The quantitative estimate of drug-likeness (QED) is 0.209. The van der Waals surface area contributed by atoms with Crippen LogP contribution in [-0.2, 0) is 20.5 Å². The van der Waals surface area contributed by atoms with Crippen molar-refractivity contribution in [2.75, 3.05) is 6.61 Å². The van der Waals surface area contributed by atoms with Crippen LogP contribution in [0.15, 0.2) is 48.6 Å². The highest BCUT2D eigenvalue weighted by molar-refractivity contribution is 5.80. The van der Waals surface area contributed by atoms with Crippen molar-refractivity contribution in [1.29, 1.82) is 0 Å². The van der Waals surface area contributed by atoms with Gasteiger partial charge in [-0.15, -0.1) is 0 Å². The molecule has 184 valence electrons. The fourth-order valence-corrected chi connectivity index (χ4v) is 3.16. The molecule has 1 unspecified atom stereocenters. The second-order valence-corrected chi connectivity index (χ2v) is 8.13. The van der Waals surface area contributed by atoms with Crippen molar-refractivity contribution in [1.82, 2.24) is 0 Å². The van der Waals surface area contributed by atoms with E-state index in [0.717, 1.165) is 31.4 Å². The normalized spacial score (nSPS) is 16.3. The third-order valence-electron chi connectivity index (χ3n) is 4.76. The number of ether oxygens (including phenoxy) is 2. The van der Waals surface area contributed by atoms with Gasteiger partial charge in [0.1, 0.15) is 11.5 Å². The number of hydrogen-bond acceptors (Lipinski definition) is 4. The molecule has 0 N–H and O–H groups in total. The summed E-state index contributed by atoms with van der Waals surface area (Å²) < 4.78 is 47.8. The zero-order chi connectivity index (χ0) is 24.7.